The smallest absolute Gasteiger partial charge is 0.412 e. The minimum atomic E-state index is -0.425. The highest BCUT2D eigenvalue weighted by molar-refractivity contribution is 5.86. The number of amides is 1. The van der Waals surface area contributed by atoms with Crippen molar-refractivity contribution in [2.24, 2.45) is 0 Å². The van der Waals surface area contributed by atoms with Crippen LogP contribution >= 0.6 is 0 Å². The molecule has 134 valence electrons. The van der Waals surface area contributed by atoms with Gasteiger partial charge in [-0.3, -0.25) is 10.2 Å². The SMILES string of the molecule is CCCCOc1ccccc1NC(=O)O[C@@H](C)CN1CCCCC1. The van der Waals surface area contributed by atoms with E-state index < -0.39 is 6.09 Å². The molecule has 1 heterocycles. The number of nitrogens with one attached hydrogen (secondary N) is 1. The molecule has 1 aliphatic rings. The number of carbonyl (C=O) groups is 1. The van der Waals surface area contributed by atoms with Gasteiger partial charge in [0.1, 0.15) is 11.9 Å². The largest absolute Gasteiger partial charge is 0.491 e. The zero-order chi connectivity index (χ0) is 17.2. The highest BCUT2D eigenvalue weighted by atomic mass is 16.6. The van der Waals surface area contributed by atoms with E-state index in [2.05, 4.69) is 17.1 Å². The summed E-state index contributed by atoms with van der Waals surface area (Å²) in [5.41, 5.74) is 0.656. The first-order valence-electron chi connectivity index (χ1n) is 9.11. The monoisotopic (exact) mass is 334 g/mol. The Morgan fingerprint density at radius 1 is 1.25 bits per heavy atom. The summed E-state index contributed by atoms with van der Waals surface area (Å²) in [5.74, 6) is 0.687. The van der Waals surface area contributed by atoms with Crippen LogP contribution < -0.4 is 10.1 Å². The number of likely N-dealkylation sites (tertiary alicyclic amines) is 1. The quantitative estimate of drug-likeness (QED) is 0.721. The molecule has 1 fully saturated rings. The molecular weight excluding hydrogens is 304 g/mol. The Balaban J connectivity index is 1.80. The third-order valence-electron chi connectivity index (χ3n) is 4.15. The van der Waals surface area contributed by atoms with Gasteiger partial charge in [-0.2, -0.15) is 0 Å². The molecule has 0 bridgehead atoms. The lowest BCUT2D eigenvalue weighted by atomic mass is 10.1. The fraction of sp³-hybridized carbons (Fsp3) is 0.632. The number of hydrogen-bond donors (Lipinski definition) is 1. The Morgan fingerprint density at radius 3 is 2.75 bits per heavy atom. The van der Waals surface area contributed by atoms with E-state index in [1.165, 1.54) is 19.3 Å². The molecule has 1 aromatic carbocycles. The Bertz CT molecular complexity index is 501. The summed E-state index contributed by atoms with van der Waals surface area (Å²) in [6, 6.07) is 7.47. The summed E-state index contributed by atoms with van der Waals surface area (Å²) >= 11 is 0. The van der Waals surface area contributed by atoms with Gasteiger partial charge >= 0.3 is 6.09 Å². The first kappa shape index (κ1) is 18.6. The maximum Gasteiger partial charge on any atom is 0.412 e. The van der Waals surface area contributed by atoms with E-state index in [-0.39, 0.29) is 6.10 Å². The van der Waals surface area contributed by atoms with E-state index in [1.807, 2.05) is 31.2 Å². The lowest BCUT2D eigenvalue weighted by Gasteiger charge is -2.28. The number of hydrogen-bond acceptors (Lipinski definition) is 4. The maximum absolute atomic E-state index is 12.1. The summed E-state index contributed by atoms with van der Waals surface area (Å²) in [4.78, 5) is 14.5. The minimum absolute atomic E-state index is 0.128. The second kappa shape index (κ2) is 10.2. The first-order valence-corrected chi connectivity index (χ1v) is 9.11. The van der Waals surface area contributed by atoms with Gasteiger partial charge in [-0.25, -0.2) is 4.79 Å². The lowest BCUT2D eigenvalue weighted by molar-refractivity contribution is 0.0832. The third-order valence-corrected chi connectivity index (χ3v) is 4.15. The number of carbonyl (C=O) groups excluding carboxylic acids is 1. The number of unbranched alkanes of at least 4 members (excludes halogenated alkanes) is 1. The summed E-state index contributed by atoms with van der Waals surface area (Å²) in [7, 11) is 0. The van der Waals surface area contributed by atoms with Crippen molar-refractivity contribution >= 4 is 11.8 Å². The van der Waals surface area contributed by atoms with Crippen LogP contribution in [0.1, 0.15) is 46.0 Å². The zero-order valence-corrected chi connectivity index (χ0v) is 14.9. The Hall–Kier alpha value is -1.75. The van der Waals surface area contributed by atoms with Crippen LogP contribution in [0.5, 0.6) is 5.75 Å². The summed E-state index contributed by atoms with van der Waals surface area (Å²) in [6.45, 7) is 7.71. The Kier molecular flexibility index (Phi) is 7.89. The molecule has 2 rings (SSSR count). The standard InChI is InChI=1S/C19H30N2O3/c1-3-4-14-23-18-11-7-6-10-17(18)20-19(22)24-16(2)15-21-12-8-5-9-13-21/h6-7,10-11,16H,3-5,8-9,12-15H2,1-2H3,(H,20,22)/t16-/m0/s1. The number of benzene rings is 1. The van der Waals surface area contributed by atoms with E-state index in [0.29, 0.717) is 18.0 Å². The molecule has 5 nitrogen and oxygen atoms in total. The van der Waals surface area contributed by atoms with Gasteiger partial charge in [-0.1, -0.05) is 31.9 Å². The van der Waals surface area contributed by atoms with E-state index in [0.717, 1.165) is 32.5 Å². The van der Waals surface area contributed by atoms with Crippen LogP contribution in [0.2, 0.25) is 0 Å². The number of nitrogens with zero attached hydrogens (tertiary/aromatic N) is 1. The van der Waals surface area contributed by atoms with Crippen molar-refractivity contribution in [3.05, 3.63) is 24.3 Å². The van der Waals surface area contributed by atoms with Crippen LogP contribution in [-0.2, 0) is 4.74 Å². The predicted molar refractivity (Wildman–Crippen MR) is 96.7 cm³/mol. The average Bonchev–Trinajstić information content (AvgIpc) is 2.57. The second-order valence-electron chi connectivity index (χ2n) is 6.40. The van der Waals surface area contributed by atoms with Crippen molar-refractivity contribution < 1.29 is 14.3 Å². The number of piperidine rings is 1. The molecule has 0 spiro atoms. The molecule has 1 atom stereocenters. The van der Waals surface area contributed by atoms with Gasteiger partial charge in [0.2, 0.25) is 0 Å². The van der Waals surface area contributed by atoms with E-state index >= 15 is 0 Å². The van der Waals surface area contributed by atoms with E-state index in [9.17, 15) is 4.79 Å². The topological polar surface area (TPSA) is 50.8 Å². The third kappa shape index (κ3) is 6.40. The Labute approximate surface area is 145 Å². The summed E-state index contributed by atoms with van der Waals surface area (Å²) in [6.07, 6.45) is 5.29. The van der Waals surface area contributed by atoms with Crippen LogP contribution in [-0.4, -0.2) is 43.3 Å². The maximum atomic E-state index is 12.1. The molecule has 1 N–H and O–H groups in total. The first-order chi connectivity index (χ1) is 11.7. The van der Waals surface area contributed by atoms with Crippen molar-refractivity contribution in [3.8, 4) is 5.75 Å². The van der Waals surface area contributed by atoms with Crippen LogP contribution in [0.4, 0.5) is 10.5 Å². The van der Waals surface area contributed by atoms with Crippen molar-refractivity contribution in [1.82, 2.24) is 4.90 Å². The van der Waals surface area contributed by atoms with E-state index in [4.69, 9.17) is 9.47 Å². The van der Waals surface area contributed by atoms with Crippen LogP contribution in [0.25, 0.3) is 0 Å². The van der Waals surface area contributed by atoms with Crippen molar-refractivity contribution in [1.29, 1.82) is 0 Å². The summed E-state index contributed by atoms with van der Waals surface area (Å²) < 4.78 is 11.2. The molecule has 1 aliphatic heterocycles. The predicted octanol–water partition coefficient (Wildman–Crippen LogP) is 4.29. The Morgan fingerprint density at radius 2 is 2.00 bits per heavy atom. The van der Waals surface area contributed by atoms with Gasteiger partial charge in [-0.15, -0.1) is 0 Å². The zero-order valence-electron chi connectivity index (χ0n) is 14.9. The fourth-order valence-corrected chi connectivity index (χ4v) is 2.89. The van der Waals surface area contributed by atoms with Crippen LogP contribution in [0.3, 0.4) is 0 Å². The van der Waals surface area contributed by atoms with Gasteiger partial charge in [0.15, 0.2) is 0 Å². The number of para-hydroxylation sites is 2. The van der Waals surface area contributed by atoms with Crippen molar-refractivity contribution in [2.75, 3.05) is 31.6 Å². The van der Waals surface area contributed by atoms with Crippen LogP contribution in [0.15, 0.2) is 24.3 Å². The molecular formula is C19H30N2O3. The minimum Gasteiger partial charge on any atom is -0.491 e. The van der Waals surface area contributed by atoms with Gasteiger partial charge in [0.05, 0.1) is 12.3 Å². The van der Waals surface area contributed by atoms with Crippen molar-refractivity contribution in [2.45, 2.75) is 52.1 Å². The summed E-state index contributed by atoms with van der Waals surface area (Å²) in [5, 5.41) is 2.80. The molecule has 5 heteroatoms. The number of rotatable bonds is 8. The van der Waals surface area contributed by atoms with E-state index in [1.54, 1.807) is 0 Å². The average molecular weight is 334 g/mol. The highest BCUT2D eigenvalue weighted by Crippen LogP contribution is 2.24. The molecule has 0 aliphatic carbocycles. The molecule has 0 aromatic heterocycles. The molecule has 1 aromatic rings. The van der Waals surface area contributed by atoms with Gasteiger partial charge < -0.3 is 9.47 Å². The number of anilines is 1. The number of ether oxygens (including phenoxy) is 2. The molecule has 0 saturated carbocycles. The van der Waals surface area contributed by atoms with Gasteiger partial charge in [0.25, 0.3) is 0 Å². The normalized spacial score (nSPS) is 16.4. The molecule has 1 saturated heterocycles. The molecule has 24 heavy (non-hydrogen) atoms. The van der Waals surface area contributed by atoms with Crippen LogP contribution in [0, 0.1) is 0 Å². The fourth-order valence-electron chi connectivity index (χ4n) is 2.89. The molecule has 1 amide bonds. The van der Waals surface area contributed by atoms with Gasteiger partial charge in [0, 0.05) is 6.54 Å². The molecule has 0 unspecified atom stereocenters. The molecule has 0 radical (unpaired) electrons. The van der Waals surface area contributed by atoms with Gasteiger partial charge in [-0.05, 0) is 51.4 Å². The highest BCUT2D eigenvalue weighted by Gasteiger charge is 2.17. The van der Waals surface area contributed by atoms with Crippen molar-refractivity contribution in [3.63, 3.8) is 0 Å². The second-order valence-corrected chi connectivity index (χ2v) is 6.40. The lowest BCUT2D eigenvalue weighted by Crippen LogP contribution is -2.37.